The van der Waals surface area contributed by atoms with Crippen molar-refractivity contribution in [1.82, 2.24) is 0 Å². The van der Waals surface area contributed by atoms with E-state index < -0.39 is 0 Å². The molecule has 5 nitrogen and oxygen atoms in total. The van der Waals surface area contributed by atoms with Gasteiger partial charge in [0, 0.05) is 13.7 Å². The van der Waals surface area contributed by atoms with Crippen molar-refractivity contribution in [2.24, 2.45) is 5.92 Å². The molecular weight excluding hydrogens is 344 g/mol. The Bertz CT molecular complexity index is 527. The molecule has 0 aliphatic rings. The summed E-state index contributed by atoms with van der Waals surface area (Å²) in [6.45, 7) is 5.69. The zero-order chi connectivity index (χ0) is 19.9. The summed E-state index contributed by atoms with van der Waals surface area (Å²) in [7, 11) is 1.68. The molecule has 1 aromatic rings. The van der Waals surface area contributed by atoms with E-state index in [0.717, 1.165) is 25.7 Å². The molecular formula is C22H34O5. The summed E-state index contributed by atoms with van der Waals surface area (Å²) in [4.78, 5) is 23.5. The Kier molecular flexibility index (Phi) is 12.2. The van der Waals surface area contributed by atoms with Gasteiger partial charge in [-0.2, -0.15) is 0 Å². The third-order valence-corrected chi connectivity index (χ3v) is 4.39. The van der Waals surface area contributed by atoms with Crippen molar-refractivity contribution >= 4 is 11.9 Å². The first-order valence-electron chi connectivity index (χ1n) is 9.88. The molecule has 0 amide bonds. The molecule has 0 aromatic heterocycles. The van der Waals surface area contributed by atoms with Crippen molar-refractivity contribution in [3.05, 3.63) is 35.9 Å². The molecule has 1 rings (SSSR count). The highest BCUT2D eigenvalue weighted by molar-refractivity contribution is 5.77. The van der Waals surface area contributed by atoms with E-state index >= 15 is 0 Å². The lowest BCUT2D eigenvalue weighted by atomic mass is 9.93. The number of hydrogen-bond acceptors (Lipinski definition) is 5. The van der Waals surface area contributed by atoms with E-state index in [1.54, 1.807) is 7.11 Å². The van der Waals surface area contributed by atoms with Gasteiger partial charge in [0.25, 0.3) is 0 Å². The average molecular weight is 379 g/mol. The van der Waals surface area contributed by atoms with E-state index in [1.165, 1.54) is 5.56 Å². The summed E-state index contributed by atoms with van der Waals surface area (Å²) in [5.41, 5.74) is 1.22. The Hall–Kier alpha value is -1.88. The minimum atomic E-state index is -0.354. The van der Waals surface area contributed by atoms with Crippen molar-refractivity contribution in [2.45, 2.75) is 58.3 Å². The van der Waals surface area contributed by atoms with Gasteiger partial charge in [-0.3, -0.25) is 9.59 Å². The van der Waals surface area contributed by atoms with Gasteiger partial charge < -0.3 is 14.2 Å². The summed E-state index contributed by atoms with van der Waals surface area (Å²) >= 11 is 0. The smallest absolute Gasteiger partial charge is 0.306 e. The molecule has 0 fully saturated rings. The molecule has 0 heterocycles. The first-order valence-corrected chi connectivity index (χ1v) is 9.88. The van der Waals surface area contributed by atoms with Crippen LogP contribution in [-0.4, -0.2) is 38.9 Å². The maximum atomic E-state index is 11.8. The van der Waals surface area contributed by atoms with Crippen molar-refractivity contribution in [3.8, 4) is 0 Å². The van der Waals surface area contributed by atoms with Crippen molar-refractivity contribution in [2.75, 3.05) is 26.9 Å². The second-order valence-corrected chi connectivity index (χ2v) is 7.15. The third-order valence-electron chi connectivity index (χ3n) is 4.39. The third kappa shape index (κ3) is 11.4. The largest absolute Gasteiger partial charge is 0.466 e. The molecule has 0 spiro atoms. The highest BCUT2D eigenvalue weighted by Crippen LogP contribution is 2.23. The maximum absolute atomic E-state index is 11.8. The number of esters is 2. The van der Waals surface area contributed by atoms with Gasteiger partial charge in [0.1, 0.15) is 0 Å². The molecule has 27 heavy (non-hydrogen) atoms. The number of carbonyl (C=O) groups is 2. The maximum Gasteiger partial charge on any atom is 0.306 e. The summed E-state index contributed by atoms with van der Waals surface area (Å²) in [6, 6.07) is 10.2. The lowest BCUT2D eigenvalue weighted by Crippen LogP contribution is -2.13. The van der Waals surface area contributed by atoms with Gasteiger partial charge in [0.15, 0.2) is 0 Å². The van der Waals surface area contributed by atoms with Crippen molar-refractivity contribution < 1.29 is 23.8 Å². The molecule has 0 saturated heterocycles. The summed E-state index contributed by atoms with van der Waals surface area (Å²) in [5.74, 6) is 0.192. The number of methoxy groups -OCH3 is 1. The Morgan fingerprint density at radius 1 is 0.852 bits per heavy atom. The van der Waals surface area contributed by atoms with E-state index in [4.69, 9.17) is 14.2 Å². The molecule has 0 N–H and O–H groups in total. The molecule has 0 saturated carbocycles. The number of ether oxygens (including phenoxy) is 3. The number of rotatable bonds is 14. The fourth-order valence-electron chi connectivity index (χ4n) is 2.80. The van der Waals surface area contributed by atoms with E-state index in [9.17, 15) is 9.59 Å². The van der Waals surface area contributed by atoms with Crippen LogP contribution in [0.1, 0.15) is 63.9 Å². The van der Waals surface area contributed by atoms with Crippen LogP contribution in [0.25, 0.3) is 0 Å². The highest BCUT2D eigenvalue weighted by Gasteiger charge is 2.14. The monoisotopic (exact) mass is 378 g/mol. The zero-order valence-corrected chi connectivity index (χ0v) is 16.9. The standard InChI is InChI=1S/C22H34O5/c1-18(2)8-7-15-26-21(23)11-12-22(24)27-17-14-20(13-16-25-3)19-9-5-4-6-10-19/h4-6,9-10,18,20H,7-8,11-17H2,1-3H3. The molecule has 1 aromatic carbocycles. The Morgan fingerprint density at radius 3 is 2.04 bits per heavy atom. The van der Waals surface area contributed by atoms with E-state index in [1.807, 2.05) is 18.2 Å². The fraction of sp³-hybridized carbons (Fsp3) is 0.636. The Balaban J connectivity index is 2.23. The first kappa shape index (κ1) is 23.2. The molecule has 0 aliphatic heterocycles. The SMILES string of the molecule is COCCC(CCOC(=O)CCC(=O)OCCCC(C)C)c1ccccc1. The second kappa shape index (κ2) is 14.2. The quantitative estimate of drug-likeness (QED) is 0.352. The van der Waals surface area contributed by atoms with Gasteiger partial charge >= 0.3 is 11.9 Å². The Morgan fingerprint density at radius 2 is 1.44 bits per heavy atom. The predicted octanol–water partition coefficient (Wildman–Crippen LogP) is 4.50. The second-order valence-electron chi connectivity index (χ2n) is 7.15. The van der Waals surface area contributed by atoms with Crippen LogP contribution >= 0.6 is 0 Å². The average Bonchev–Trinajstić information content (AvgIpc) is 2.66. The minimum Gasteiger partial charge on any atom is -0.466 e. The molecule has 0 bridgehead atoms. The van der Waals surface area contributed by atoms with Gasteiger partial charge in [-0.1, -0.05) is 44.2 Å². The lowest BCUT2D eigenvalue weighted by molar-refractivity contribution is -0.150. The number of hydrogen-bond donors (Lipinski definition) is 0. The van der Waals surface area contributed by atoms with Crippen LogP contribution < -0.4 is 0 Å². The van der Waals surface area contributed by atoms with Gasteiger partial charge in [0.2, 0.25) is 0 Å². The Labute approximate surface area is 163 Å². The van der Waals surface area contributed by atoms with Crippen LogP contribution in [0.2, 0.25) is 0 Å². The van der Waals surface area contributed by atoms with Crippen LogP contribution in [0.5, 0.6) is 0 Å². The summed E-state index contributed by atoms with van der Waals surface area (Å²) < 4.78 is 15.6. The van der Waals surface area contributed by atoms with Crippen LogP contribution in [0.15, 0.2) is 30.3 Å². The molecule has 1 atom stereocenters. The number of benzene rings is 1. The van der Waals surface area contributed by atoms with Crippen molar-refractivity contribution in [1.29, 1.82) is 0 Å². The van der Waals surface area contributed by atoms with Gasteiger partial charge in [0.05, 0.1) is 26.1 Å². The molecule has 0 aliphatic carbocycles. The highest BCUT2D eigenvalue weighted by atomic mass is 16.5. The molecule has 5 heteroatoms. The van der Waals surface area contributed by atoms with Gasteiger partial charge in [-0.05, 0) is 43.1 Å². The van der Waals surface area contributed by atoms with Gasteiger partial charge in [-0.25, -0.2) is 0 Å². The van der Waals surface area contributed by atoms with E-state index in [2.05, 4.69) is 26.0 Å². The van der Waals surface area contributed by atoms with Crippen LogP contribution in [0.3, 0.4) is 0 Å². The molecule has 152 valence electrons. The topological polar surface area (TPSA) is 61.8 Å². The van der Waals surface area contributed by atoms with E-state index in [-0.39, 0.29) is 30.7 Å². The fourth-order valence-corrected chi connectivity index (χ4v) is 2.80. The van der Waals surface area contributed by atoms with Crippen molar-refractivity contribution in [3.63, 3.8) is 0 Å². The molecule has 1 unspecified atom stereocenters. The van der Waals surface area contributed by atoms with Crippen LogP contribution in [-0.2, 0) is 23.8 Å². The zero-order valence-electron chi connectivity index (χ0n) is 16.9. The normalized spacial score (nSPS) is 12.0. The minimum absolute atomic E-state index is 0.0666. The summed E-state index contributed by atoms with van der Waals surface area (Å²) in [6.07, 6.45) is 3.64. The van der Waals surface area contributed by atoms with Crippen LogP contribution in [0, 0.1) is 5.92 Å². The summed E-state index contributed by atoms with van der Waals surface area (Å²) in [5, 5.41) is 0. The predicted molar refractivity (Wildman–Crippen MR) is 106 cm³/mol. The van der Waals surface area contributed by atoms with Crippen LogP contribution in [0.4, 0.5) is 0 Å². The first-order chi connectivity index (χ1) is 13.0. The van der Waals surface area contributed by atoms with E-state index in [0.29, 0.717) is 25.7 Å². The lowest BCUT2D eigenvalue weighted by Gasteiger charge is -2.17. The number of carbonyl (C=O) groups excluding carboxylic acids is 2. The molecule has 0 radical (unpaired) electrons. The van der Waals surface area contributed by atoms with Gasteiger partial charge in [-0.15, -0.1) is 0 Å².